The summed E-state index contributed by atoms with van der Waals surface area (Å²) in [6, 6.07) is 12.4. The lowest BCUT2D eigenvalue weighted by atomic mass is 10.1. The van der Waals surface area contributed by atoms with E-state index in [0.717, 1.165) is 25.0 Å². The van der Waals surface area contributed by atoms with E-state index in [2.05, 4.69) is 21.3 Å². The molecule has 29 heavy (non-hydrogen) atoms. The molecule has 0 spiro atoms. The molecule has 154 valence electrons. The normalized spacial score (nSPS) is 15.6. The minimum absolute atomic E-state index is 0.0916. The number of carbonyl (C=O) groups excluding carboxylic acids is 2. The van der Waals surface area contributed by atoms with Crippen LogP contribution in [0, 0.1) is 5.82 Å². The van der Waals surface area contributed by atoms with Gasteiger partial charge in [-0.2, -0.15) is 0 Å². The van der Waals surface area contributed by atoms with E-state index < -0.39 is 0 Å². The van der Waals surface area contributed by atoms with Crippen molar-refractivity contribution in [2.75, 3.05) is 30.3 Å². The van der Waals surface area contributed by atoms with Crippen molar-refractivity contribution in [3.05, 3.63) is 59.9 Å². The smallest absolute Gasteiger partial charge is 0.319 e. The third-order valence-electron chi connectivity index (χ3n) is 4.53. The van der Waals surface area contributed by atoms with Gasteiger partial charge in [-0.1, -0.05) is 12.1 Å². The molecular weight excluding hydrogens is 375 g/mol. The molecule has 4 N–H and O–H groups in total. The molecule has 2 aromatic rings. The fourth-order valence-corrected chi connectivity index (χ4v) is 2.97. The Labute approximate surface area is 169 Å². The standard InChI is InChI=1S/C21H25FN4O3/c22-16-5-3-15(4-6-16)11-12-23-20(27)25-17-7-9-18(10-8-17)26-21(28)24-14-19-2-1-13-29-19/h3-10,19H,1-2,11-14H2,(H2,23,25,27)(H2,24,26,28). The van der Waals surface area contributed by atoms with E-state index in [4.69, 9.17) is 4.74 Å². The molecule has 0 radical (unpaired) electrons. The topological polar surface area (TPSA) is 91.5 Å². The van der Waals surface area contributed by atoms with Crippen LogP contribution in [0.15, 0.2) is 48.5 Å². The van der Waals surface area contributed by atoms with Crippen LogP contribution in [-0.4, -0.2) is 37.9 Å². The monoisotopic (exact) mass is 400 g/mol. The maximum absolute atomic E-state index is 12.9. The van der Waals surface area contributed by atoms with Crippen LogP contribution >= 0.6 is 0 Å². The van der Waals surface area contributed by atoms with Crippen LogP contribution in [0.5, 0.6) is 0 Å². The molecule has 0 aromatic heterocycles. The number of benzene rings is 2. The zero-order chi connectivity index (χ0) is 20.5. The number of nitrogens with one attached hydrogen (secondary N) is 4. The van der Waals surface area contributed by atoms with Crippen molar-refractivity contribution in [2.24, 2.45) is 0 Å². The van der Waals surface area contributed by atoms with E-state index in [1.807, 2.05) is 0 Å². The Morgan fingerprint density at radius 2 is 1.55 bits per heavy atom. The Morgan fingerprint density at radius 3 is 2.14 bits per heavy atom. The quantitative estimate of drug-likeness (QED) is 0.573. The molecule has 1 heterocycles. The van der Waals surface area contributed by atoms with Gasteiger partial charge < -0.3 is 26.0 Å². The summed E-state index contributed by atoms with van der Waals surface area (Å²) in [5, 5.41) is 11.0. The number of hydrogen-bond donors (Lipinski definition) is 4. The third kappa shape index (κ3) is 7.08. The molecule has 7 nitrogen and oxygen atoms in total. The summed E-state index contributed by atoms with van der Waals surface area (Å²) in [6.07, 6.45) is 2.70. The number of urea groups is 2. The molecule has 0 bridgehead atoms. The first-order valence-corrected chi connectivity index (χ1v) is 9.64. The maximum Gasteiger partial charge on any atom is 0.319 e. The van der Waals surface area contributed by atoms with Crippen molar-refractivity contribution in [1.82, 2.24) is 10.6 Å². The van der Waals surface area contributed by atoms with Gasteiger partial charge in [-0.15, -0.1) is 0 Å². The number of anilines is 2. The zero-order valence-electron chi connectivity index (χ0n) is 16.0. The summed E-state index contributed by atoms with van der Waals surface area (Å²) in [5.74, 6) is -0.280. The van der Waals surface area contributed by atoms with Gasteiger partial charge in [0.05, 0.1) is 6.10 Å². The molecule has 0 saturated carbocycles. The van der Waals surface area contributed by atoms with Crippen LogP contribution in [-0.2, 0) is 11.2 Å². The number of carbonyl (C=O) groups is 2. The van der Waals surface area contributed by atoms with Crippen molar-refractivity contribution in [3.8, 4) is 0 Å². The van der Waals surface area contributed by atoms with Crippen LogP contribution in [0.2, 0.25) is 0 Å². The molecule has 3 rings (SSSR count). The molecule has 1 aliphatic heterocycles. The van der Waals surface area contributed by atoms with Crippen molar-refractivity contribution < 1.29 is 18.7 Å². The van der Waals surface area contributed by atoms with E-state index in [0.29, 0.717) is 30.9 Å². The molecule has 2 aromatic carbocycles. The van der Waals surface area contributed by atoms with Gasteiger partial charge in [0.2, 0.25) is 0 Å². The van der Waals surface area contributed by atoms with E-state index in [-0.39, 0.29) is 24.0 Å². The van der Waals surface area contributed by atoms with Crippen molar-refractivity contribution >= 4 is 23.4 Å². The van der Waals surface area contributed by atoms with Gasteiger partial charge in [-0.25, -0.2) is 14.0 Å². The van der Waals surface area contributed by atoms with Crippen molar-refractivity contribution in [3.63, 3.8) is 0 Å². The van der Waals surface area contributed by atoms with E-state index in [9.17, 15) is 14.0 Å². The van der Waals surface area contributed by atoms with Crippen LogP contribution < -0.4 is 21.3 Å². The number of hydrogen-bond acceptors (Lipinski definition) is 3. The van der Waals surface area contributed by atoms with Crippen LogP contribution in [0.4, 0.5) is 25.4 Å². The third-order valence-corrected chi connectivity index (χ3v) is 4.53. The SMILES string of the molecule is O=C(NCCc1ccc(F)cc1)Nc1ccc(NC(=O)NCC2CCCO2)cc1. The molecule has 4 amide bonds. The predicted octanol–water partition coefficient (Wildman–Crippen LogP) is 3.49. The van der Waals surface area contributed by atoms with E-state index in [1.54, 1.807) is 36.4 Å². The average Bonchev–Trinajstić information content (AvgIpc) is 3.23. The molecule has 8 heteroatoms. The molecule has 0 aliphatic carbocycles. The molecule has 1 fully saturated rings. The average molecular weight is 400 g/mol. The molecule has 1 unspecified atom stereocenters. The summed E-state index contributed by atoms with van der Waals surface area (Å²) in [6.45, 7) is 1.67. The summed E-state index contributed by atoms with van der Waals surface area (Å²) in [7, 11) is 0. The zero-order valence-corrected chi connectivity index (χ0v) is 16.0. The van der Waals surface area contributed by atoms with Crippen molar-refractivity contribution in [1.29, 1.82) is 0 Å². The number of amides is 4. The fraction of sp³-hybridized carbons (Fsp3) is 0.333. The lowest BCUT2D eigenvalue weighted by Crippen LogP contribution is -2.35. The first kappa shape index (κ1) is 20.6. The highest BCUT2D eigenvalue weighted by molar-refractivity contribution is 5.91. The second-order valence-electron chi connectivity index (χ2n) is 6.80. The van der Waals surface area contributed by atoms with Gasteiger partial charge >= 0.3 is 12.1 Å². The molecular formula is C21H25FN4O3. The van der Waals surface area contributed by atoms with Gasteiger partial charge in [-0.05, 0) is 61.2 Å². The summed E-state index contributed by atoms with van der Waals surface area (Å²) in [5.41, 5.74) is 2.17. The molecule has 1 atom stereocenters. The Bertz CT molecular complexity index is 806. The predicted molar refractivity (Wildman–Crippen MR) is 110 cm³/mol. The second kappa shape index (κ2) is 10.4. The molecule has 1 aliphatic rings. The first-order chi connectivity index (χ1) is 14.1. The largest absolute Gasteiger partial charge is 0.376 e. The fourth-order valence-electron chi connectivity index (χ4n) is 2.97. The Morgan fingerprint density at radius 1 is 0.931 bits per heavy atom. The number of ether oxygens (including phenoxy) is 1. The summed E-state index contributed by atoms with van der Waals surface area (Å²) >= 11 is 0. The van der Waals surface area contributed by atoms with Crippen LogP contribution in [0.1, 0.15) is 18.4 Å². The lowest BCUT2D eigenvalue weighted by molar-refractivity contribution is 0.112. The van der Waals surface area contributed by atoms with Crippen LogP contribution in [0.3, 0.4) is 0 Å². The summed E-state index contributed by atoms with van der Waals surface area (Å²) < 4.78 is 18.3. The van der Waals surface area contributed by atoms with Gasteiger partial charge in [0.15, 0.2) is 0 Å². The van der Waals surface area contributed by atoms with Gasteiger partial charge in [-0.3, -0.25) is 0 Å². The highest BCUT2D eigenvalue weighted by Crippen LogP contribution is 2.14. The minimum Gasteiger partial charge on any atom is -0.376 e. The van der Waals surface area contributed by atoms with Gasteiger partial charge in [0, 0.05) is 31.1 Å². The number of halogens is 1. The van der Waals surface area contributed by atoms with E-state index >= 15 is 0 Å². The second-order valence-corrected chi connectivity index (χ2v) is 6.80. The number of rotatable bonds is 7. The Hall–Kier alpha value is -3.13. The maximum atomic E-state index is 12.9. The van der Waals surface area contributed by atoms with Crippen LogP contribution in [0.25, 0.3) is 0 Å². The highest BCUT2D eigenvalue weighted by atomic mass is 19.1. The molecule has 1 saturated heterocycles. The lowest BCUT2D eigenvalue weighted by Gasteiger charge is -2.12. The summed E-state index contributed by atoms with van der Waals surface area (Å²) in [4.78, 5) is 23.9. The van der Waals surface area contributed by atoms with Gasteiger partial charge in [0.1, 0.15) is 5.82 Å². The Balaban J connectivity index is 1.36. The minimum atomic E-state index is -0.331. The van der Waals surface area contributed by atoms with E-state index in [1.165, 1.54) is 12.1 Å². The first-order valence-electron chi connectivity index (χ1n) is 9.64. The van der Waals surface area contributed by atoms with Crippen molar-refractivity contribution in [2.45, 2.75) is 25.4 Å². The highest BCUT2D eigenvalue weighted by Gasteiger charge is 2.16. The Kier molecular flexibility index (Phi) is 7.40. The van der Waals surface area contributed by atoms with Gasteiger partial charge in [0.25, 0.3) is 0 Å².